The highest BCUT2D eigenvalue weighted by atomic mass is 16.2. The van der Waals surface area contributed by atoms with Gasteiger partial charge in [-0.15, -0.1) is 0 Å². The monoisotopic (exact) mass is 293 g/mol. The Hall–Kier alpha value is -0.870. The number of aliphatic hydroxyl groups is 1. The maximum atomic E-state index is 8.93. The molecule has 0 unspecified atom stereocenters. The second-order valence-electron chi connectivity index (χ2n) is 7.17. The highest BCUT2D eigenvalue weighted by molar-refractivity contribution is 5.00. The van der Waals surface area contributed by atoms with E-state index in [1.54, 1.807) is 0 Å². The van der Waals surface area contributed by atoms with E-state index in [1.807, 2.05) is 0 Å². The lowest BCUT2D eigenvalue weighted by molar-refractivity contribution is 0.236. The summed E-state index contributed by atoms with van der Waals surface area (Å²) in [6.45, 7) is 6.58. The minimum absolute atomic E-state index is 0.231. The molecule has 0 atom stereocenters. The fourth-order valence-electron chi connectivity index (χ4n) is 3.20. The number of rotatable bonds is 8. The Balaban J connectivity index is 1.75. The van der Waals surface area contributed by atoms with Gasteiger partial charge in [0.05, 0.1) is 11.7 Å². The van der Waals surface area contributed by atoms with Crippen LogP contribution in [0.3, 0.4) is 0 Å². The molecule has 0 aliphatic heterocycles. The minimum Gasteiger partial charge on any atom is -0.396 e. The third-order valence-electron chi connectivity index (χ3n) is 4.53. The van der Waals surface area contributed by atoms with Gasteiger partial charge in [-0.3, -0.25) is 4.68 Å². The van der Waals surface area contributed by atoms with Crippen LogP contribution in [0.25, 0.3) is 0 Å². The number of aromatic nitrogens is 2. The van der Waals surface area contributed by atoms with Gasteiger partial charge in [-0.1, -0.05) is 33.1 Å². The van der Waals surface area contributed by atoms with Gasteiger partial charge in [0.25, 0.3) is 0 Å². The first kappa shape index (κ1) is 16.5. The van der Waals surface area contributed by atoms with Gasteiger partial charge in [-0.2, -0.15) is 5.10 Å². The largest absolute Gasteiger partial charge is 0.396 e. The van der Waals surface area contributed by atoms with Crippen molar-refractivity contribution in [3.05, 3.63) is 18.0 Å². The van der Waals surface area contributed by atoms with Gasteiger partial charge in [0.2, 0.25) is 0 Å². The third-order valence-corrected chi connectivity index (χ3v) is 4.53. The number of nitrogens with one attached hydrogen (secondary N) is 1. The van der Waals surface area contributed by atoms with Crippen LogP contribution in [0.2, 0.25) is 0 Å². The van der Waals surface area contributed by atoms with Crippen molar-refractivity contribution in [3.63, 3.8) is 0 Å². The van der Waals surface area contributed by atoms with Crippen molar-refractivity contribution in [2.45, 2.75) is 71.4 Å². The summed E-state index contributed by atoms with van der Waals surface area (Å²) >= 11 is 0. The van der Waals surface area contributed by atoms with Crippen molar-refractivity contribution in [1.82, 2.24) is 15.1 Å². The van der Waals surface area contributed by atoms with Crippen LogP contribution in [-0.4, -0.2) is 28.0 Å². The van der Waals surface area contributed by atoms with Gasteiger partial charge in [-0.05, 0) is 37.2 Å². The Morgan fingerprint density at radius 3 is 2.81 bits per heavy atom. The van der Waals surface area contributed by atoms with E-state index >= 15 is 0 Å². The van der Waals surface area contributed by atoms with Crippen molar-refractivity contribution in [3.8, 4) is 0 Å². The minimum atomic E-state index is 0.231. The SMILES string of the molecule is CC(C)(CCCO)CNCc1ccn(C2CCCCC2)n1. The zero-order valence-electron chi connectivity index (χ0n) is 13.6. The molecule has 0 bridgehead atoms. The van der Waals surface area contributed by atoms with E-state index in [2.05, 4.69) is 36.1 Å². The maximum absolute atomic E-state index is 8.93. The normalized spacial score (nSPS) is 17.3. The van der Waals surface area contributed by atoms with Crippen molar-refractivity contribution in [1.29, 1.82) is 0 Å². The first-order valence-corrected chi connectivity index (χ1v) is 8.46. The molecule has 1 heterocycles. The van der Waals surface area contributed by atoms with E-state index in [0.717, 1.165) is 31.6 Å². The summed E-state index contributed by atoms with van der Waals surface area (Å²) in [5.41, 5.74) is 1.37. The highest BCUT2D eigenvalue weighted by Gasteiger charge is 2.18. The zero-order valence-corrected chi connectivity index (χ0v) is 13.6. The molecule has 4 heteroatoms. The van der Waals surface area contributed by atoms with Gasteiger partial charge in [0.1, 0.15) is 0 Å². The van der Waals surface area contributed by atoms with Crippen molar-refractivity contribution in [2.24, 2.45) is 5.41 Å². The van der Waals surface area contributed by atoms with E-state index in [4.69, 9.17) is 10.2 Å². The van der Waals surface area contributed by atoms with Crippen LogP contribution >= 0.6 is 0 Å². The molecule has 4 nitrogen and oxygen atoms in total. The summed E-state index contributed by atoms with van der Waals surface area (Å²) in [4.78, 5) is 0. The molecule has 1 aromatic rings. The molecular formula is C17H31N3O. The predicted molar refractivity (Wildman–Crippen MR) is 86.2 cm³/mol. The fraction of sp³-hybridized carbons (Fsp3) is 0.824. The predicted octanol–water partition coefficient (Wildman–Crippen LogP) is 3.28. The van der Waals surface area contributed by atoms with Crippen molar-refractivity contribution < 1.29 is 5.11 Å². The first-order valence-electron chi connectivity index (χ1n) is 8.46. The topological polar surface area (TPSA) is 50.1 Å². The van der Waals surface area contributed by atoms with Gasteiger partial charge in [0.15, 0.2) is 0 Å². The van der Waals surface area contributed by atoms with Crippen LogP contribution in [0.5, 0.6) is 0 Å². The highest BCUT2D eigenvalue weighted by Crippen LogP contribution is 2.27. The lowest BCUT2D eigenvalue weighted by atomic mass is 9.88. The molecule has 1 aliphatic carbocycles. The molecule has 0 spiro atoms. The number of hydrogen-bond acceptors (Lipinski definition) is 3. The average molecular weight is 293 g/mol. The van der Waals surface area contributed by atoms with E-state index in [1.165, 1.54) is 32.1 Å². The third kappa shape index (κ3) is 5.44. The van der Waals surface area contributed by atoms with Gasteiger partial charge in [0, 0.05) is 25.9 Å². The van der Waals surface area contributed by atoms with Crippen LogP contribution < -0.4 is 5.32 Å². The molecule has 0 aromatic carbocycles. The fourth-order valence-corrected chi connectivity index (χ4v) is 3.20. The van der Waals surface area contributed by atoms with E-state index in [-0.39, 0.29) is 12.0 Å². The molecule has 1 aromatic heterocycles. The zero-order chi connectivity index (χ0) is 15.1. The quantitative estimate of drug-likeness (QED) is 0.773. The summed E-state index contributed by atoms with van der Waals surface area (Å²) < 4.78 is 2.17. The van der Waals surface area contributed by atoms with Crippen molar-refractivity contribution >= 4 is 0 Å². The van der Waals surface area contributed by atoms with Crippen LogP contribution in [0.1, 0.15) is 70.5 Å². The lowest BCUT2D eigenvalue weighted by Crippen LogP contribution is -2.29. The van der Waals surface area contributed by atoms with E-state index < -0.39 is 0 Å². The van der Waals surface area contributed by atoms with Gasteiger partial charge < -0.3 is 10.4 Å². The number of nitrogens with zero attached hydrogens (tertiary/aromatic N) is 2. The smallest absolute Gasteiger partial charge is 0.0762 e. The molecule has 1 saturated carbocycles. The Labute approximate surface area is 128 Å². The summed E-state index contributed by atoms with van der Waals surface area (Å²) in [5.74, 6) is 0. The summed E-state index contributed by atoms with van der Waals surface area (Å²) in [6, 6.07) is 2.76. The van der Waals surface area contributed by atoms with Crippen LogP contribution in [-0.2, 0) is 6.54 Å². The Morgan fingerprint density at radius 1 is 1.33 bits per heavy atom. The molecule has 0 amide bonds. The van der Waals surface area contributed by atoms with E-state index in [0.29, 0.717) is 6.04 Å². The summed E-state index contributed by atoms with van der Waals surface area (Å²) in [6.07, 6.45) is 10.7. The Bertz CT molecular complexity index is 408. The van der Waals surface area contributed by atoms with Crippen LogP contribution in [0.15, 0.2) is 12.3 Å². The molecule has 2 N–H and O–H groups in total. The van der Waals surface area contributed by atoms with E-state index in [9.17, 15) is 0 Å². The molecule has 21 heavy (non-hydrogen) atoms. The molecule has 0 radical (unpaired) electrons. The first-order chi connectivity index (χ1) is 10.1. The summed E-state index contributed by atoms with van der Waals surface area (Å²) in [7, 11) is 0. The second kappa shape index (κ2) is 7.95. The molecule has 0 saturated heterocycles. The standard InChI is InChI=1S/C17H31N3O/c1-17(2,10-6-12-21)14-18-13-15-9-11-20(19-15)16-7-4-3-5-8-16/h9,11,16,18,21H,3-8,10,12-14H2,1-2H3. The maximum Gasteiger partial charge on any atom is 0.0762 e. The average Bonchev–Trinajstić information content (AvgIpc) is 2.95. The molecule has 2 rings (SSSR count). The lowest BCUT2D eigenvalue weighted by Gasteiger charge is -2.24. The van der Waals surface area contributed by atoms with Crippen LogP contribution in [0.4, 0.5) is 0 Å². The van der Waals surface area contributed by atoms with Crippen LogP contribution in [0, 0.1) is 5.41 Å². The van der Waals surface area contributed by atoms with Gasteiger partial charge in [-0.25, -0.2) is 0 Å². The summed E-state index contributed by atoms with van der Waals surface area (Å²) in [5, 5.41) is 17.2. The molecular weight excluding hydrogens is 262 g/mol. The second-order valence-corrected chi connectivity index (χ2v) is 7.17. The molecule has 1 aliphatic rings. The number of hydrogen-bond donors (Lipinski definition) is 2. The molecule has 120 valence electrons. The molecule has 1 fully saturated rings. The van der Waals surface area contributed by atoms with Gasteiger partial charge >= 0.3 is 0 Å². The number of aliphatic hydroxyl groups excluding tert-OH is 1. The Morgan fingerprint density at radius 2 is 2.10 bits per heavy atom. The Kier molecular flexibility index (Phi) is 6.24. The van der Waals surface area contributed by atoms with Crippen molar-refractivity contribution in [2.75, 3.05) is 13.2 Å².